The van der Waals surface area contributed by atoms with E-state index in [-0.39, 0.29) is 5.97 Å². The predicted molar refractivity (Wildman–Crippen MR) is 56.9 cm³/mol. The van der Waals surface area contributed by atoms with Crippen LogP contribution in [0.1, 0.15) is 46.8 Å². The number of rotatable bonds is 2. The quantitative estimate of drug-likeness (QED) is 0.701. The normalized spacial score (nSPS) is 17.2. The van der Waals surface area contributed by atoms with Crippen LogP contribution in [0.5, 0.6) is 0 Å². The van der Waals surface area contributed by atoms with Crippen LogP contribution in [0.25, 0.3) is 0 Å². The Labute approximate surface area is 87.9 Å². The Morgan fingerprint density at radius 3 is 2.86 bits per heavy atom. The van der Waals surface area contributed by atoms with Gasteiger partial charge in [-0.25, -0.2) is 4.79 Å². The van der Waals surface area contributed by atoms with Crippen molar-refractivity contribution in [2.24, 2.45) is 0 Å². The summed E-state index contributed by atoms with van der Waals surface area (Å²) in [6.45, 7) is 0. The highest BCUT2D eigenvalue weighted by Gasteiger charge is 2.20. The molecule has 0 spiro atoms. The minimum Gasteiger partial charge on any atom is -0.465 e. The number of carbonyl (C=O) groups excluding carboxylic acids is 1. The molecule has 0 radical (unpaired) electrons. The van der Waals surface area contributed by atoms with E-state index in [2.05, 4.69) is 4.74 Å². The molecular weight excluding hydrogens is 196 g/mol. The van der Waals surface area contributed by atoms with Crippen molar-refractivity contribution in [2.45, 2.75) is 31.6 Å². The van der Waals surface area contributed by atoms with Gasteiger partial charge in [0.2, 0.25) is 0 Å². The summed E-state index contributed by atoms with van der Waals surface area (Å²) in [4.78, 5) is 12.6. The summed E-state index contributed by atoms with van der Waals surface area (Å²) in [7, 11) is 1.43. The molecule has 1 aliphatic carbocycles. The second-order valence-corrected chi connectivity index (χ2v) is 4.65. The summed E-state index contributed by atoms with van der Waals surface area (Å²) < 4.78 is 4.68. The molecule has 2 nitrogen and oxygen atoms in total. The van der Waals surface area contributed by atoms with Crippen molar-refractivity contribution in [3.8, 4) is 0 Å². The van der Waals surface area contributed by atoms with Gasteiger partial charge >= 0.3 is 5.97 Å². The van der Waals surface area contributed by atoms with Crippen LogP contribution in [-0.2, 0) is 4.74 Å². The van der Waals surface area contributed by atoms with E-state index in [1.54, 1.807) is 11.3 Å². The number of carbonyl (C=O) groups is 1. The van der Waals surface area contributed by atoms with Crippen LogP contribution in [0.3, 0.4) is 0 Å². The number of esters is 1. The Balaban J connectivity index is 2.12. The minimum absolute atomic E-state index is 0.217. The molecule has 0 aromatic carbocycles. The van der Waals surface area contributed by atoms with E-state index in [0.717, 1.165) is 0 Å². The number of methoxy groups -OCH3 is 1. The summed E-state index contributed by atoms with van der Waals surface area (Å²) in [5.41, 5.74) is 0.708. The SMILES string of the molecule is COC(=O)c1csc(C2CCCC2)c1. The Bertz CT molecular complexity index is 324. The third-order valence-electron chi connectivity index (χ3n) is 2.80. The Morgan fingerprint density at radius 1 is 1.50 bits per heavy atom. The van der Waals surface area contributed by atoms with Crippen LogP contribution in [-0.4, -0.2) is 13.1 Å². The molecule has 0 bridgehead atoms. The lowest BCUT2D eigenvalue weighted by atomic mass is 10.1. The summed E-state index contributed by atoms with van der Waals surface area (Å²) in [6, 6.07) is 1.99. The van der Waals surface area contributed by atoms with Gasteiger partial charge in [-0.1, -0.05) is 12.8 Å². The molecule has 14 heavy (non-hydrogen) atoms. The molecule has 76 valence electrons. The van der Waals surface area contributed by atoms with Crippen LogP contribution in [0.15, 0.2) is 11.4 Å². The fourth-order valence-electron chi connectivity index (χ4n) is 2.00. The topological polar surface area (TPSA) is 26.3 Å². The molecule has 1 aromatic rings. The first kappa shape index (κ1) is 9.71. The molecule has 0 N–H and O–H groups in total. The molecular formula is C11H14O2S. The highest BCUT2D eigenvalue weighted by atomic mass is 32.1. The summed E-state index contributed by atoms with van der Waals surface area (Å²) >= 11 is 1.69. The van der Waals surface area contributed by atoms with Crippen LogP contribution < -0.4 is 0 Å². The van der Waals surface area contributed by atoms with Crippen molar-refractivity contribution < 1.29 is 9.53 Å². The van der Waals surface area contributed by atoms with Crippen molar-refractivity contribution in [1.29, 1.82) is 0 Å². The molecule has 0 atom stereocenters. The average molecular weight is 210 g/mol. The molecule has 1 aromatic heterocycles. The van der Waals surface area contributed by atoms with Gasteiger partial charge in [-0.2, -0.15) is 0 Å². The largest absolute Gasteiger partial charge is 0.465 e. The van der Waals surface area contributed by atoms with E-state index in [1.165, 1.54) is 37.7 Å². The lowest BCUT2D eigenvalue weighted by Crippen LogP contribution is -1.98. The summed E-state index contributed by atoms with van der Waals surface area (Å²) in [5.74, 6) is 0.476. The zero-order chi connectivity index (χ0) is 9.97. The van der Waals surface area contributed by atoms with E-state index in [4.69, 9.17) is 0 Å². The maximum atomic E-state index is 11.2. The summed E-state index contributed by atoms with van der Waals surface area (Å²) in [5, 5.41) is 1.90. The molecule has 0 aliphatic heterocycles. The number of ether oxygens (including phenoxy) is 1. The van der Waals surface area contributed by atoms with E-state index in [9.17, 15) is 4.79 Å². The van der Waals surface area contributed by atoms with Crippen molar-refractivity contribution in [1.82, 2.24) is 0 Å². The van der Waals surface area contributed by atoms with Crippen molar-refractivity contribution in [2.75, 3.05) is 7.11 Å². The lowest BCUT2D eigenvalue weighted by Gasteiger charge is -2.03. The maximum absolute atomic E-state index is 11.2. The van der Waals surface area contributed by atoms with Crippen LogP contribution in [0, 0.1) is 0 Å². The van der Waals surface area contributed by atoms with Gasteiger partial charge in [-0.05, 0) is 24.8 Å². The highest BCUT2D eigenvalue weighted by Crippen LogP contribution is 2.37. The molecule has 1 saturated carbocycles. The van der Waals surface area contributed by atoms with E-state index < -0.39 is 0 Å². The first-order valence-corrected chi connectivity index (χ1v) is 5.86. The Morgan fingerprint density at radius 2 is 2.21 bits per heavy atom. The molecule has 0 amide bonds. The molecule has 1 fully saturated rings. The zero-order valence-corrected chi connectivity index (χ0v) is 9.10. The standard InChI is InChI=1S/C11H14O2S/c1-13-11(12)9-6-10(14-7-9)8-4-2-3-5-8/h6-8H,2-5H2,1H3. The minimum atomic E-state index is -0.217. The van der Waals surface area contributed by atoms with Crippen molar-refractivity contribution in [3.05, 3.63) is 21.9 Å². The van der Waals surface area contributed by atoms with Gasteiger partial charge in [0.25, 0.3) is 0 Å². The van der Waals surface area contributed by atoms with Gasteiger partial charge in [0, 0.05) is 10.3 Å². The molecule has 2 rings (SSSR count). The van der Waals surface area contributed by atoms with Gasteiger partial charge in [0.05, 0.1) is 12.7 Å². The van der Waals surface area contributed by atoms with Gasteiger partial charge < -0.3 is 4.74 Å². The van der Waals surface area contributed by atoms with E-state index >= 15 is 0 Å². The first-order valence-electron chi connectivity index (χ1n) is 4.98. The third-order valence-corrected chi connectivity index (χ3v) is 3.89. The third kappa shape index (κ3) is 1.82. The number of hydrogen-bond acceptors (Lipinski definition) is 3. The molecule has 1 aliphatic rings. The summed E-state index contributed by atoms with van der Waals surface area (Å²) in [6.07, 6.45) is 5.22. The maximum Gasteiger partial charge on any atom is 0.338 e. The Kier molecular flexibility index (Phi) is 2.87. The van der Waals surface area contributed by atoms with Crippen LogP contribution in [0.4, 0.5) is 0 Å². The lowest BCUT2D eigenvalue weighted by molar-refractivity contribution is 0.0601. The molecule has 0 unspecified atom stereocenters. The zero-order valence-electron chi connectivity index (χ0n) is 8.29. The highest BCUT2D eigenvalue weighted by molar-refractivity contribution is 7.10. The van der Waals surface area contributed by atoms with Crippen molar-refractivity contribution in [3.63, 3.8) is 0 Å². The van der Waals surface area contributed by atoms with Crippen LogP contribution in [0.2, 0.25) is 0 Å². The fraction of sp³-hybridized carbons (Fsp3) is 0.545. The van der Waals surface area contributed by atoms with Crippen molar-refractivity contribution >= 4 is 17.3 Å². The van der Waals surface area contributed by atoms with Gasteiger partial charge in [0.1, 0.15) is 0 Å². The molecule has 3 heteroatoms. The molecule has 0 saturated heterocycles. The van der Waals surface area contributed by atoms with Gasteiger partial charge in [-0.3, -0.25) is 0 Å². The predicted octanol–water partition coefficient (Wildman–Crippen LogP) is 3.19. The smallest absolute Gasteiger partial charge is 0.338 e. The Hall–Kier alpha value is -0.830. The second kappa shape index (κ2) is 4.13. The average Bonchev–Trinajstić information content (AvgIpc) is 2.86. The second-order valence-electron chi connectivity index (χ2n) is 3.71. The monoisotopic (exact) mass is 210 g/mol. The first-order chi connectivity index (χ1) is 6.81. The van der Waals surface area contributed by atoms with Gasteiger partial charge in [-0.15, -0.1) is 11.3 Å². The van der Waals surface area contributed by atoms with Gasteiger partial charge in [0.15, 0.2) is 0 Å². The molecule has 1 heterocycles. The number of hydrogen-bond donors (Lipinski definition) is 0. The van der Waals surface area contributed by atoms with Crippen LogP contribution >= 0.6 is 11.3 Å². The van der Waals surface area contributed by atoms with E-state index in [0.29, 0.717) is 11.5 Å². The van der Waals surface area contributed by atoms with E-state index in [1.807, 2.05) is 11.4 Å². The fourth-order valence-corrected chi connectivity index (χ4v) is 3.05. The number of thiophene rings is 1.